The summed E-state index contributed by atoms with van der Waals surface area (Å²) in [4.78, 5) is 18.8. The number of imidazole rings is 1. The van der Waals surface area contributed by atoms with E-state index in [0.717, 1.165) is 11.3 Å². The average molecular weight is 266 g/mol. The maximum atomic E-state index is 10.6. The van der Waals surface area contributed by atoms with Crippen molar-refractivity contribution in [2.45, 2.75) is 12.8 Å². The molecule has 2 aromatic rings. The quantitative estimate of drug-likeness (QED) is 0.920. The number of aromatic nitrogens is 3. The lowest BCUT2D eigenvalue weighted by atomic mass is 10.2. The third kappa shape index (κ3) is 2.51. The van der Waals surface area contributed by atoms with Crippen LogP contribution in [-0.2, 0) is 18.3 Å². The molecular formula is C12H12ClN3O2. The Bertz CT molecular complexity index is 566. The van der Waals surface area contributed by atoms with Crippen molar-refractivity contribution < 1.29 is 9.90 Å². The lowest BCUT2D eigenvalue weighted by Gasteiger charge is -2.05. The van der Waals surface area contributed by atoms with Crippen molar-refractivity contribution in [2.24, 2.45) is 7.05 Å². The zero-order valence-corrected chi connectivity index (χ0v) is 10.6. The highest BCUT2D eigenvalue weighted by atomic mass is 35.5. The van der Waals surface area contributed by atoms with Gasteiger partial charge >= 0.3 is 5.97 Å². The molecule has 2 aromatic heterocycles. The largest absolute Gasteiger partial charge is 0.481 e. The van der Waals surface area contributed by atoms with Crippen LogP contribution in [0, 0.1) is 0 Å². The van der Waals surface area contributed by atoms with E-state index in [1.807, 2.05) is 23.7 Å². The van der Waals surface area contributed by atoms with E-state index in [0.29, 0.717) is 17.4 Å². The van der Waals surface area contributed by atoms with Gasteiger partial charge in [0.05, 0.1) is 12.1 Å². The fourth-order valence-corrected chi connectivity index (χ4v) is 2.10. The summed E-state index contributed by atoms with van der Waals surface area (Å²) in [7, 11) is 1.82. The summed E-state index contributed by atoms with van der Waals surface area (Å²) in [5.41, 5.74) is 1.62. The SMILES string of the molecule is Cn1c(CCC(=O)O)nc(Cl)c1-c1cccnc1. The summed E-state index contributed by atoms with van der Waals surface area (Å²) in [6, 6.07) is 3.70. The predicted octanol–water partition coefficient (Wildman–Crippen LogP) is 2.15. The standard InChI is InChI=1S/C12H12ClN3O2/c1-16-9(4-5-10(17)18)15-12(13)11(16)8-3-2-6-14-7-8/h2-3,6-7H,4-5H2,1H3,(H,17,18). The third-order valence-electron chi connectivity index (χ3n) is 2.64. The number of nitrogens with zero attached hydrogens (tertiary/aromatic N) is 3. The predicted molar refractivity (Wildman–Crippen MR) is 67.4 cm³/mol. The number of rotatable bonds is 4. The second-order valence-corrected chi connectivity index (χ2v) is 4.22. The summed E-state index contributed by atoms with van der Waals surface area (Å²) >= 11 is 6.09. The van der Waals surface area contributed by atoms with Gasteiger partial charge in [-0.05, 0) is 12.1 Å². The van der Waals surface area contributed by atoms with E-state index >= 15 is 0 Å². The van der Waals surface area contributed by atoms with Gasteiger partial charge in [0.25, 0.3) is 0 Å². The summed E-state index contributed by atoms with van der Waals surface area (Å²) < 4.78 is 1.81. The molecule has 94 valence electrons. The van der Waals surface area contributed by atoms with E-state index in [-0.39, 0.29) is 6.42 Å². The Hall–Kier alpha value is -1.88. The van der Waals surface area contributed by atoms with Gasteiger partial charge in [-0.15, -0.1) is 0 Å². The molecule has 0 aliphatic heterocycles. The van der Waals surface area contributed by atoms with Gasteiger partial charge < -0.3 is 9.67 Å². The Morgan fingerprint density at radius 3 is 2.94 bits per heavy atom. The fraction of sp³-hybridized carbons (Fsp3) is 0.250. The molecule has 0 saturated heterocycles. The van der Waals surface area contributed by atoms with E-state index < -0.39 is 5.97 Å². The van der Waals surface area contributed by atoms with Gasteiger partial charge in [-0.1, -0.05) is 11.6 Å². The van der Waals surface area contributed by atoms with E-state index in [9.17, 15) is 4.79 Å². The first-order chi connectivity index (χ1) is 8.59. The van der Waals surface area contributed by atoms with Crippen LogP contribution in [0.2, 0.25) is 5.15 Å². The van der Waals surface area contributed by atoms with Crippen LogP contribution in [-0.4, -0.2) is 25.6 Å². The van der Waals surface area contributed by atoms with E-state index in [1.165, 1.54) is 0 Å². The number of carbonyl (C=O) groups is 1. The normalized spacial score (nSPS) is 10.6. The van der Waals surface area contributed by atoms with Crippen molar-refractivity contribution in [3.05, 3.63) is 35.5 Å². The molecule has 0 aliphatic carbocycles. The van der Waals surface area contributed by atoms with Crippen molar-refractivity contribution >= 4 is 17.6 Å². The molecule has 0 spiro atoms. The Morgan fingerprint density at radius 2 is 2.33 bits per heavy atom. The molecule has 0 amide bonds. The van der Waals surface area contributed by atoms with E-state index in [2.05, 4.69) is 9.97 Å². The first-order valence-corrected chi connectivity index (χ1v) is 5.80. The van der Waals surface area contributed by atoms with Crippen molar-refractivity contribution in [1.29, 1.82) is 0 Å². The first-order valence-electron chi connectivity index (χ1n) is 5.43. The van der Waals surface area contributed by atoms with E-state index in [1.54, 1.807) is 12.4 Å². The molecule has 0 aliphatic rings. The maximum absolute atomic E-state index is 10.6. The Kier molecular flexibility index (Phi) is 3.62. The number of aryl methyl sites for hydroxylation is 1. The molecular weight excluding hydrogens is 254 g/mol. The molecule has 0 aromatic carbocycles. The number of hydrogen-bond donors (Lipinski definition) is 1. The molecule has 2 rings (SSSR count). The Labute approximate surface area is 109 Å². The highest BCUT2D eigenvalue weighted by Crippen LogP contribution is 2.27. The topological polar surface area (TPSA) is 68.0 Å². The molecule has 0 saturated carbocycles. The minimum Gasteiger partial charge on any atom is -0.481 e. The van der Waals surface area contributed by atoms with Gasteiger partial charge in [-0.2, -0.15) is 0 Å². The zero-order valence-electron chi connectivity index (χ0n) is 9.80. The van der Waals surface area contributed by atoms with Gasteiger partial charge in [0.15, 0.2) is 5.15 Å². The number of halogens is 1. The van der Waals surface area contributed by atoms with Crippen LogP contribution in [0.25, 0.3) is 11.3 Å². The van der Waals surface area contributed by atoms with Gasteiger partial charge in [-0.3, -0.25) is 9.78 Å². The second-order valence-electron chi connectivity index (χ2n) is 3.86. The van der Waals surface area contributed by atoms with Gasteiger partial charge in [-0.25, -0.2) is 4.98 Å². The molecule has 0 fully saturated rings. The van der Waals surface area contributed by atoms with Crippen LogP contribution in [0.15, 0.2) is 24.5 Å². The molecule has 1 N–H and O–H groups in total. The van der Waals surface area contributed by atoms with Crippen LogP contribution >= 0.6 is 11.6 Å². The van der Waals surface area contributed by atoms with Crippen LogP contribution in [0.4, 0.5) is 0 Å². The molecule has 0 bridgehead atoms. The van der Waals surface area contributed by atoms with Gasteiger partial charge in [0.2, 0.25) is 0 Å². The number of aliphatic carboxylic acids is 1. The summed E-state index contributed by atoms with van der Waals surface area (Å²) in [6.07, 6.45) is 3.77. The number of hydrogen-bond acceptors (Lipinski definition) is 3. The van der Waals surface area contributed by atoms with Crippen molar-refractivity contribution in [3.63, 3.8) is 0 Å². The summed E-state index contributed by atoms with van der Waals surface area (Å²) in [5.74, 6) is -0.196. The van der Waals surface area contributed by atoms with Crippen molar-refractivity contribution in [1.82, 2.24) is 14.5 Å². The molecule has 0 unspecified atom stereocenters. The lowest BCUT2D eigenvalue weighted by molar-refractivity contribution is -0.137. The Balaban J connectivity index is 2.35. The minimum atomic E-state index is -0.850. The van der Waals surface area contributed by atoms with Gasteiger partial charge in [0.1, 0.15) is 5.82 Å². The van der Waals surface area contributed by atoms with Crippen LogP contribution in [0.1, 0.15) is 12.2 Å². The molecule has 2 heterocycles. The molecule has 0 radical (unpaired) electrons. The molecule has 5 nitrogen and oxygen atoms in total. The Morgan fingerprint density at radius 1 is 1.56 bits per heavy atom. The fourth-order valence-electron chi connectivity index (χ4n) is 1.77. The van der Waals surface area contributed by atoms with Crippen molar-refractivity contribution in [2.75, 3.05) is 0 Å². The van der Waals surface area contributed by atoms with Gasteiger partial charge in [0, 0.05) is 31.4 Å². The molecule has 6 heteroatoms. The molecule has 0 atom stereocenters. The van der Waals surface area contributed by atoms with Crippen LogP contribution in [0.3, 0.4) is 0 Å². The average Bonchev–Trinajstić information content (AvgIpc) is 2.63. The number of pyridine rings is 1. The van der Waals surface area contributed by atoms with Crippen LogP contribution in [0.5, 0.6) is 0 Å². The number of carboxylic acid groups (broad SMARTS) is 1. The summed E-state index contributed by atoms with van der Waals surface area (Å²) in [6.45, 7) is 0. The highest BCUT2D eigenvalue weighted by Gasteiger charge is 2.15. The second kappa shape index (κ2) is 5.18. The first kappa shape index (κ1) is 12.6. The smallest absolute Gasteiger partial charge is 0.303 e. The highest BCUT2D eigenvalue weighted by molar-refractivity contribution is 6.32. The third-order valence-corrected chi connectivity index (χ3v) is 2.91. The van der Waals surface area contributed by atoms with Crippen molar-refractivity contribution in [3.8, 4) is 11.3 Å². The minimum absolute atomic E-state index is 0.0354. The van der Waals surface area contributed by atoms with E-state index in [4.69, 9.17) is 16.7 Å². The molecule has 18 heavy (non-hydrogen) atoms. The van der Waals surface area contributed by atoms with Crippen LogP contribution < -0.4 is 0 Å². The lowest BCUT2D eigenvalue weighted by Crippen LogP contribution is -2.04. The zero-order chi connectivity index (χ0) is 13.1. The summed E-state index contributed by atoms with van der Waals surface area (Å²) in [5, 5.41) is 9.05. The maximum Gasteiger partial charge on any atom is 0.303 e. The number of carboxylic acids is 1. The monoisotopic (exact) mass is 265 g/mol.